The predicted molar refractivity (Wildman–Crippen MR) is 98.9 cm³/mol. The van der Waals surface area contributed by atoms with Gasteiger partial charge in [0.2, 0.25) is 6.41 Å². The Hall–Kier alpha value is -2.26. The highest BCUT2D eigenvalue weighted by Crippen LogP contribution is 2.37. The maximum absolute atomic E-state index is 11.5. The molecule has 126 valence electrons. The number of methoxy groups -OCH3 is 1. The van der Waals surface area contributed by atoms with Crippen LogP contribution >= 0.6 is 9.39 Å². The number of benzene rings is 2. The number of phenolic OH excluding ortho intramolecular Hbond substituents is 1. The molecule has 2 atom stereocenters. The first-order valence-electron chi connectivity index (χ1n) is 7.76. The molecule has 1 amide bonds. The molecule has 2 aromatic rings. The number of hydrogen-bond acceptors (Lipinski definition) is 4. The van der Waals surface area contributed by atoms with E-state index in [1.807, 2.05) is 35.9 Å². The van der Waals surface area contributed by atoms with Crippen molar-refractivity contribution < 1.29 is 14.6 Å². The van der Waals surface area contributed by atoms with Crippen molar-refractivity contribution in [3.8, 4) is 11.5 Å². The van der Waals surface area contributed by atoms with E-state index in [1.165, 1.54) is 12.7 Å². The Morgan fingerprint density at radius 2 is 2.17 bits per heavy atom. The summed E-state index contributed by atoms with van der Waals surface area (Å²) in [5.41, 5.74) is 4.04. The molecule has 0 saturated carbocycles. The van der Waals surface area contributed by atoms with Crippen molar-refractivity contribution in [1.29, 1.82) is 0 Å². The van der Waals surface area contributed by atoms with Crippen LogP contribution in [-0.4, -0.2) is 31.2 Å². The van der Waals surface area contributed by atoms with Crippen LogP contribution in [0.1, 0.15) is 11.1 Å². The van der Waals surface area contributed by atoms with Gasteiger partial charge in [-0.1, -0.05) is 18.2 Å². The van der Waals surface area contributed by atoms with Gasteiger partial charge in [-0.3, -0.25) is 4.79 Å². The van der Waals surface area contributed by atoms with Gasteiger partial charge < -0.3 is 19.4 Å². The molecular weight excluding hydrogens is 323 g/mol. The van der Waals surface area contributed by atoms with Gasteiger partial charge in [-0.05, 0) is 46.0 Å². The first kappa shape index (κ1) is 16.6. The van der Waals surface area contributed by atoms with Crippen molar-refractivity contribution in [2.24, 2.45) is 0 Å². The lowest BCUT2D eigenvalue weighted by molar-refractivity contribution is -0.107. The number of hydrogen-bond donors (Lipinski definition) is 1. The van der Waals surface area contributed by atoms with Gasteiger partial charge in [-0.25, -0.2) is 0 Å². The normalized spacial score (nSPS) is 16.0. The quantitative estimate of drug-likeness (QED) is 0.669. The zero-order valence-corrected chi connectivity index (χ0v) is 14.9. The molecule has 1 unspecified atom stereocenters. The molecule has 24 heavy (non-hydrogen) atoms. The first-order valence-corrected chi connectivity index (χ1v) is 8.28. The molecule has 1 N–H and O–H groups in total. The molecule has 6 heteroatoms. The minimum absolute atomic E-state index is 0.0565. The van der Waals surface area contributed by atoms with E-state index in [1.54, 1.807) is 11.0 Å². The average Bonchev–Trinajstić information content (AvgIpc) is 2.93. The van der Waals surface area contributed by atoms with Crippen LogP contribution in [0.5, 0.6) is 11.5 Å². The monoisotopic (exact) mass is 344 g/mol. The van der Waals surface area contributed by atoms with Gasteiger partial charge in [-0.2, -0.15) is 0 Å². The molecule has 0 bridgehead atoms. The number of para-hydroxylation sites is 1. The molecule has 0 aromatic heterocycles. The number of phenols is 1. The summed E-state index contributed by atoms with van der Waals surface area (Å²) in [5.74, 6) is 0.560. The topological polar surface area (TPSA) is 53.0 Å². The summed E-state index contributed by atoms with van der Waals surface area (Å²) < 4.78 is 7.13. The second kappa shape index (κ2) is 6.70. The van der Waals surface area contributed by atoms with E-state index in [4.69, 9.17) is 4.74 Å². The molecule has 0 spiro atoms. The second-order valence-electron chi connectivity index (χ2n) is 5.96. The first-order chi connectivity index (χ1) is 11.5. The van der Waals surface area contributed by atoms with Crippen LogP contribution in [0.4, 0.5) is 11.4 Å². The van der Waals surface area contributed by atoms with E-state index in [-0.39, 0.29) is 11.8 Å². The highest BCUT2D eigenvalue weighted by molar-refractivity contribution is 7.19. The number of aromatic hydroxyl groups is 1. The van der Waals surface area contributed by atoms with Gasteiger partial charge in [-0.15, -0.1) is 0 Å². The third kappa shape index (κ3) is 2.92. The number of carbonyl (C=O) groups is 1. The molecular formula is C18H21N2O3P. The number of anilines is 2. The van der Waals surface area contributed by atoms with E-state index in [0.717, 1.165) is 29.8 Å². The van der Waals surface area contributed by atoms with Gasteiger partial charge in [0.25, 0.3) is 0 Å². The van der Waals surface area contributed by atoms with Gasteiger partial charge in [0, 0.05) is 24.0 Å². The standard InChI is InChI=1S/C18H21N2O3P/c1-12-7-18(23-2)17(22)9-16(12)20(24)10-14-8-13-5-3-4-6-15(13)19(14)11-21/h3-7,9,11,14,22H,8,10,24H2,1-2H3/t14-/m0/s1. The predicted octanol–water partition coefficient (Wildman–Crippen LogP) is 2.89. The number of amides is 1. The number of carbonyl (C=O) groups excluding carboxylic acids is 1. The van der Waals surface area contributed by atoms with Crippen molar-refractivity contribution in [2.75, 3.05) is 23.2 Å². The van der Waals surface area contributed by atoms with Crippen LogP contribution in [0.2, 0.25) is 0 Å². The van der Waals surface area contributed by atoms with Crippen molar-refractivity contribution in [2.45, 2.75) is 19.4 Å². The van der Waals surface area contributed by atoms with E-state index < -0.39 is 0 Å². The fourth-order valence-corrected chi connectivity index (χ4v) is 3.76. The maximum Gasteiger partial charge on any atom is 0.214 e. The highest BCUT2D eigenvalue weighted by atomic mass is 31.0. The summed E-state index contributed by atoms with van der Waals surface area (Å²) in [4.78, 5) is 13.3. The Balaban J connectivity index is 1.82. The number of nitrogens with zero attached hydrogens (tertiary/aromatic N) is 2. The Morgan fingerprint density at radius 3 is 2.88 bits per heavy atom. The number of rotatable bonds is 5. The number of fused-ring (bicyclic) bond motifs is 1. The second-order valence-corrected chi connectivity index (χ2v) is 6.59. The zero-order valence-electron chi connectivity index (χ0n) is 13.8. The minimum atomic E-state index is 0.0565. The van der Waals surface area contributed by atoms with Crippen molar-refractivity contribution in [3.05, 3.63) is 47.5 Å². The fourth-order valence-electron chi connectivity index (χ4n) is 3.24. The van der Waals surface area contributed by atoms with E-state index in [0.29, 0.717) is 12.3 Å². The van der Waals surface area contributed by atoms with Crippen LogP contribution in [0.25, 0.3) is 0 Å². The van der Waals surface area contributed by atoms with E-state index in [2.05, 4.69) is 15.5 Å². The highest BCUT2D eigenvalue weighted by Gasteiger charge is 2.30. The lowest BCUT2D eigenvalue weighted by Crippen LogP contribution is -2.38. The Kier molecular flexibility index (Phi) is 4.63. The summed E-state index contributed by atoms with van der Waals surface area (Å²) in [6.07, 6.45) is 1.72. The smallest absolute Gasteiger partial charge is 0.214 e. The summed E-state index contributed by atoms with van der Waals surface area (Å²) in [6, 6.07) is 11.5. The van der Waals surface area contributed by atoms with Gasteiger partial charge in [0.15, 0.2) is 11.5 Å². The maximum atomic E-state index is 11.5. The Labute approximate surface area is 144 Å². The SMILES string of the molecule is COc1cc(C)c(N(P)C[C@@H]2Cc3ccccc3N2C=O)cc1O. The molecule has 0 fully saturated rings. The molecule has 1 aliphatic rings. The van der Waals surface area contributed by atoms with Crippen molar-refractivity contribution in [1.82, 2.24) is 0 Å². The largest absolute Gasteiger partial charge is 0.504 e. The van der Waals surface area contributed by atoms with Crippen molar-refractivity contribution >= 4 is 27.2 Å². The Morgan fingerprint density at radius 1 is 1.42 bits per heavy atom. The van der Waals surface area contributed by atoms with Crippen LogP contribution in [0.3, 0.4) is 0 Å². The lowest BCUT2D eigenvalue weighted by atomic mass is 10.1. The van der Waals surface area contributed by atoms with E-state index >= 15 is 0 Å². The van der Waals surface area contributed by atoms with Gasteiger partial charge in [0.05, 0.1) is 13.2 Å². The van der Waals surface area contributed by atoms with E-state index in [9.17, 15) is 9.90 Å². The molecule has 3 rings (SSSR count). The third-order valence-electron chi connectivity index (χ3n) is 4.45. The number of ether oxygens (including phenoxy) is 1. The average molecular weight is 344 g/mol. The molecule has 1 heterocycles. The van der Waals surface area contributed by atoms with Gasteiger partial charge >= 0.3 is 0 Å². The molecule has 0 aliphatic carbocycles. The summed E-state index contributed by atoms with van der Waals surface area (Å²) >= 11 is 0. The van der Waals surface area contributed by atoms with Crippen LogP contribution in [0.15, 0.2) is 36.4 Å². The summed E-state index contributed by atoms with van der Waals surface area (Å²) in [5, 5.41) is 10.0. The Bertz CT molecular complexity index is 766. The lowest BCUT2D eigenvalue weighted by Gasteiger charge is -2.28. The van der Waals surface area contributed by atoms with Crippen LogP contribution < -0.4 is 14.3 Å². The van der Waals surface area contributed by atoms with Crippen molar-refractivity contribution in [3.63, 3.8) is 0 Å². The minimum Gasteiger partial charge on any atom is -0.504 e. The fraction of sp³-hybridized carbons (Fsp3) is 0.278. The van der Waals surface area contributed by atoms with Crippen LogP contribution in [0, 0.1) is 6.92 Å². The molecule has 2 aromatic carbocycles. The zero-order chi connectivity index (χ0) is 17.3. The molecule has 0 radical (unpaired) electrons. The molecule has 1 aliphatic heterocycles. The summed E-state index contributed by atoms with van der Waals surface area (Å²) in [7, 11) is 4.21. The molecule has 5 nitrogen and oxygen atoms in total. The third-order valence-corrected chi connectivity index (χ3v) is 4.94. The number of aryl methyl sites for hydroxylation is 1. The van der Waals surface area contributed by atoms with Crippen LogP contribution in [-0.2, 0) is 11.2 Å². The summed E-state index contributed by atoms with van der Waals surface area (Å²) in [6.45, 7) is 2.61. The van der Waals surface area contributed by atoms with Gasteiger partial charge in [0.1, 0.15) is 0 Å². The molecule has 0 saturated heterocycles.